The molecule has 0 saturated heterocycles. The lowest BCUT2D eigenvalue weighted by Crippen LogP contribution is -2.20. The first-order valence-corrected chi connectivity index (χ1v) is 9.45. The van der Waals surface area contributed by atoms with E-state index in [2.05, 4.69) is 20.6 Å². The summed E-state index contributed by atoms with van der Waals surface area (Å²) in [5.74, 6) is 0.626. The first kappa shape index (κ1) is 17.2. The number of carbonyl (C=O) groups is 2. The van der Waals surface area contributed by atoms with E-state index in [4.69, 9.17) is 0 Å². The molecular weight excluding hydrogens is 364 g/mol. The van der Waals surface area contributed by atoms with Gasteiger partial charge >= 0.3 is 0 Å². The Bertz CT molecular complexity index is 1210. The molecule has 0 bridgehead atoms. The van der Waals surface area contributed by atoms with E-state index in [1.54, 1.807) is 12.1 Å². The molecule has 1 aliphatic rings. The number of amides is 2. The van der Waals surface area contributed by atoms with Crippen molar-refractivity contribution in [1.82, 2.24) is 9.97 Å². The van der Waals surface area contributed by atoms with E-state index in [9.17, 15) is 9.59 Å². The fourth-order valence-electron chi connectivity index (χ4n) is 3.53. The highest BCUT2D eigenvalue weighted by Gasteiger charge is 2.17. The molecule has 0 fully saturated rings. The van der Waals surface area contributed by atoms with Gasteiger partial charge in [-0.25, -0.2) is 4.98 Å². The number of para-hydroxylation sites is 2. The molecule has 6 heteroatoms. The van der Waals surface area contributed by atoms with E-state index in [-0.39, 0.29) is 11.8 Å². The van der Waals surface area contributed by atoms with E-state index < -0.39 is 0 Å². The lowest BCUT2D eigenvalue weighted by atomic mass is 10.00. The van der Waals surface area contributed by atoms with E-state index in [1.165, 1.54) is 0 Å². The highest BCUT2D eigenvalue weighted by atomic mass is 16.2. The average molecular weight is 382 g/mol. The van der Waals surface area contributed by atoms with Gasteiger partial charge in [0, 0.05) is 28.9 Å². The highest BCUT2D eigenvalue weighted by molar-refractivity contribution is 6.05. The number of H-pyrrole nitrogens is 1. The van der Waals surface area contributed by atoms with Gasteiger partial charge in [0.05, 0.1) is 11.0 Å². The molecule has 142 valence electrons. The second-order valence-electron chi connectivity index (χ2n) is 7.05. The van der Waals surface area contributed by atoms with Gasteiger partial charge in [0.25, 0.3) is 5.91 Å². The molecule has 0 unspecified atom stereocenters. The fourth-order valence-corrected chi connectivity index (χ4v) is 3.53. The molecule has 2 amide bonds. The van der Waals surface area contributed by atoms with Crippen LogP contribution < -0.4 is 10.6 Å². The Kier molecular flexibility index (Phi) is 4.09. The van der Waals surface area contributed by atoms with Gasteiger partial charge in [-0.2, -0.15) is 0 Å². The van der Waals surface area contributed by atoms with Gasteiger partial charge in [-0.05, 0) is 66.6 Å². The topological polar surface area (TPSA) is 86.9 Å². The standard InChI is InChI=1S/C23H18N4O2/c28-21-12-8-15-13-16(7-11-18(15)25-21)23(29)24-17-9-5-14(6-10-17)22-26-19-3-1-2-4-20(19)27-22/h1-7,9-11,13H,8,12H2,(H,24,29)(H,25,28)(H,26,27). The molecule has 6 nitrogen and oxygen atoms in total. The molecule has 1 aromatic heterocycles. The van der Waals surface area contributed by atoms with Crippen molar-refractivity contribution < 1.29 is 9.59 Å². The van der Waals surface area contributed by atoms with Crippen molar-refractivity contribution in [2.75, 3.05) is 10.6 Å². The van der Waals surface area contributed by atoms with Crippen LogP contribution in [0.1, 0.15) is 22.3 Å². The summed E-state index contributed by atoms with van der Waals surface area (Å²) in [7, 11) is 0. The first-order valence-electron chi connectivity index (χ1n) is 9.45. The number of hydrogen-bond donors (Lipinski definition) is 3. The van der Waals surface area contributed by atoms with Crippen molar-refractivity contribution in [3.05, 3.63) is 77.9 Å². The number of nitrogens with zero attached hydrogens (tertiary/aromatic N) is 1. The quantitative estimate of drug-likeness (QED) is 0.492. The summed E-state index contributed by atoms with van der Waals surface area (Å²) in [6.07, 6.45) is 1.09. The van der Waals surface area contributed by atoms with Crippen LogP contribution in [0.2, 0.25) is 0 Å². The number of benzene rings is 3. The molecule has 0 aliphatic carbocycles. The van der Waals surface area contributed by atoms with Crippen LogP contribution in [0, 0.1) is 0 Å². The minimum Gasteiger partial charge on any atom is -0.338 e. The average Bonchev–Trinajstić information content (AvgIpc) is 3.18. The Balaban J connectivity index is 1.33. The first-order chi connectivity index (χ1) is 14.2. The minimum atomic E-state index is -0.179. The van der Waals surface area contributed by atoms with Crippen LogP contribution in [0.4, 0.5) is 11.4 Å². The minimum absolute atomic E-state index is 0.0132. The second-order valence-corrected chi connectivity index (χ2v) is 7.05. The normalized spacial score (nSPS) is 13.0. The van der Waals surface area contributed by atoms with Crippen molar-refractivity contribution >= 4 is 34.2 Å². The highest BCUT2D eigenvalue weighted by Crippen LogP contribution is 2.25. The third-order valence-electron chi connectivity index (χ3n) is 5.07. The summed E-state index contributed by atoms with van der Waals surface area (Å²) < 4.78 is 0. The van der Waals surface area contributed by atoms with Crippen LogP contribution in [-0.2, 0) is 11.2 Å². The van der Waals surface area contributed by atoms with Crippen molar-refractivity contribution in [3.8, 4) is 11.4 Å². The number of aromatic nitrogens is 2. The predicted octanol–water partition coefficient (Wildman–Crippen LogP) is 4.37. The number of nitrogens with one attached hydrogen (secondary N) is 3. The number of imidazole rings is 1. The van der Waals surface area contributed by atoms with Crippen LogP contribution in [-0.4, -0.2) is 21.8 Å². The zero-order valence-corrected chi connectivity index (χ0v) is 15.5. The SMILES string of the molecule is O=C1CCc2cc(C(=O)Nc3ccc(-c4nc5ccccc5[nH]4)cc3)ccc2N1. The number of anilines is 2. The molecule has 29 heavy (non-hydrogen) atoms. The van der Waals surface area contributed by atoms with Crippen LogP contribution in [0.15, 0.2) is 66.7 Å². The van der Waals surface area contributed by atoms with Gasteiger partial charge in [-0.3, -0.25) is 9.59 Å². The van der Waals surface area contributed by atoms with Gasteiger partial charge in [0.2, 0.25) is 5.91 Å². The van der Waals surface area contributed by atoms with Crippen LogP contribution in [0.5, 0.6) is 0 Å². The maximum absolute atomic E-state index is 12.6. The van der Waals surface area contributed by atoms with Gasteiger partial charge in [-0.1, -0.05) is 12.1 Å². The number of carbonyl (C=O) groups excluding carboxylic acids is 2. The lowest BCUT2D eigenvalue weighted by molar-refractivity contribution is -0.116. The summed E-state index contributed by atoms with van der Waals surface area (Å²) in [5.41, 5.74) is 5.91. The maximum Gasteiger partial charge on any atom is 0.255 e. The van der Waals surface area contributed by atoms with E-state index in [0.29, 0.717) is 24.1 Å². The van der Waals surface area contributed by atoms with Crippen molar-refractivity contribution in [2.45, 2.75) is 12.8 Å². The summed E-state index contributed by atoms with van der Waals surface area (Å²) >= 11 is 0. The van der Waals surface area contributed by atoms with Crippen molar-refractivity contribution in [1.29, 1.82) is 0 Å². The maximum atomic E-state index is 12.6. The largest absolute Gasteiger partial charge is 0.338 e. The van der Waals surface area contributed by atoms with Crippen LogP contribution >= 0.6 is 0 Å². The summed E-state index contributed by atoms with van der Waals surface area (Å²) in [4.78, 5) is 32.0. The zero-order chi connectivity index (χ0) is 19.8. The monoisotopic (exact) mass is 382 g/mol. The van der Waals surface area contributed by atoms with Crippen LogP contribution in [0.25, 0.3) is 22.4 Å². The predicted molar refractivity (Wildman–Crippen MR) is 113 cm³/mol. The second kappa shape index (κ2) is 6.91. The van der Waals surface area contributed by atoms with Crippen LogP contribution in [0.3, 0.4) is 0 Å². The third kappa shape index (κ3) is 3.36. The Morgan fingerprint density at radius 1 is 0.966 bits per heavy atom. The van der Waals surface area contributed by atoms with Crippen molar-refractivity contribution in [2.24, 2.45) is 0 Å². The van der Waals surface area contributed by atoms with Gasteiger partial charge < -0.3 is 15.6 Å². The number of aromatic amines is 1. The van der Waals surface area contributed by atoms with Gasteiger partial charge in [0.15, 0.2) is 0 Å². The number of hydrogen-bond acceptors (Lipinski definition) is 3. The molecule has 0 radical (unpaired) electrons. The molecule has 0 spiro atoms. The number of aryl methyl sites for hydroxylation is 1. The Hall–Kier alpha value is -3.93. The number of rotatable bonds is 3. The third-order valence-corrected chi connectivity index (χ3v) is 5.07. The molecule has 3 N–H and O–H groups in total. The zero-order valence-electron chi connectivity index (χ0n) is 15.5. The smallest absolute Gasteiger partial charge is 0.255 e. The molecule has 2 heterocycles. The molecule has 0 saturated carbocycles. The number of fused-ring (bicyclic) bond motifs is 2. The lowest BCUT2D eigenvalue weighted by Gasteiger charge is -2.17. The summed E-state index contributed by atoms with van der Waals surface area (Å²) in [6.45, 7) is 0. The van der Waals surface area contributed by atoms with E-state index in [0.717, 1.165) is 33.7 Å². The summed E-state index contributed by atoms with van der Waals surface area (Å²) in [5, 5.41) is 5.75. The van der Waals surface area contributed by atoms with Gasteiger partial charge in [-0.15, -0.1) is 0 Å². The van der Waals surface area contributed by atoms with E-state index >= 15 is 0 Å². The Labute approximate surface area is 167 Å². The molecule has 4 aromatic rings. The molecule has 5 rings (SSSR count). The molecule has 0 atom stereocenters. The Morgan fingerprint density at radius 2 is 1.79 bits per heavy atom. The summed E-state index contributed by atoms with van der Waals surface area (Å²) in [6, 6.07) is 20.8. The molecular formula is C23H18N4O2. The van der Waals surface area contributed by atoms with Crippen molar-refractivity contribution in [3.63, 3.8) is 0 Å². The molecule has 3 aromatic carbocycles. The fraction of sp³-hybridized carbons (Fsp3) is 0.0870. The van der Waals surface area contributed by atoms with Gasteiger partial charge in [0.1, 0.15) is 5.82 Å². The molecule has 1 aliphatic heterocycles. The van der Waals surface area contributed by atoms with E-state index in [1.807, 2.05) is 54.6 Å². The Morgan fingerprint density at radius 3 is 2.62 bits per heavy atom.